The van der Waals surface area contributed by atoms with Crippen LogP contribution in [0, 0.1) is 19.3 Å². The molecule has 1 aromatic heterocycles. The van der Waals surface area contributed by atoms with Crippen molar-refractivity contribution in [3.8, 4) is 0 Å². The van der Waals surface area contributed by atoms with Crippen LogP contribution >= 0.6 is 15.9 Å². The van der Waals surface area contributed by atoms with Crippen molar-refractivity contribution in [3.05, 3.63) is 15.9 Å². The number of hydrogen-bond acceptors (Lipinski definition) is 2. The van der Waals surface area contributed by atoms with E-state index in [0.29, 0.717) is 6.54 Å². The van der Waals surface area contributed by atoms with Crippen LogP contribution in [0.5, 0.6) is 0 Å². The van der Waals surface area contributed by atoms with E-state index in [1.54, 1.807) is 4.68 Å². The van der Waals surface area contributed by atoms with Crippen molar-refractivity contribution < 1.29 is 4.79 Å². The molecule has 0 aromatic carbocycles. The maximum absolute atomic E-state index is 11.8. The highest BCUT2D eigenvalue weighted by Crippen LogP contribution is 2.21. The zero-order chi connectivity index (χ0) is 11.8. The predicted octanol–water partition coefficient (Wildman–Crippen LogP) is 2.88. The SMILES string of the molecule is Cc1nn(CC(=O)C(C)(C)C)c(C)c1Br. The Kier molecular flexibility index (Phi) is 3.38. The highest BCUT2D eigenvalue weighted by Gasteiger charge is 2.22. The first-order valence-corrected chi connectivity index (χ1v) is 5.75. The predicted molar refractivity (Wildman–Crippen MR) is 63.9 cm³/mol. The molecule has 0 unspecified atom stereocenters. The first-order valence-electron chi connectivity index (χ1n) is 4.96. The minimum atomic E-state index is -0.307. The number of carbonyl (C=O) groups is 1. The second kappa shape index (κ2) is 4.08. The summed E-state index contributed by atoms with van der Waals surface area (Å²) in [6.07, 6.45) is 0. The molecule has 1 aromatic rings. The molecule has 15 heavy (non-hydrogen) atoms. The fraction of sp³-hybridized carbons (Fsp3) is 0.636. The number of hydrogen-bond donors (Lipinski definition) is 0. The molecule has 0 saturated carbocycles. The topological polar surface area (TPSA) is 34.9 Å². The van der Waals surface area contributed by atoms with E-state index in [0.717, 1.165) is 15.9 Å². The molecule has 0 amide bonds. The molecule has 0 bridgehead atoms. The Morgan fingerprint density at radius 1 is 1.40 bits per heavy atom. The summed E-state index contributed by atoms with van der Waals surface area (Å²) in [5.41, 5.74) is 1.62. The quantitative estimate of drug-likeness (QED) is 0.830. The Bertz CT molecular complexity index is 388. The van der Waals surface area contributed by atoms with Gasteiger partial charge < -0.3 is 0 Å². The van der Waals surface area contributed by atoms with Crippen molar-refractivity contribution in [1.29, 1.82) is 0 Å². The molecule has 3 nitrogen and oxygen atoms in total. The van der Waals surface area contributed by atoms with Crippen molar-refractivity contribution in [1.82, 2.24) is 9.78 Å². The average molecular weight is 273 g/mol. The van der Waals surface area contributed by atoms with Crippen LogP contribution in [-0.4, -0.2) is 15.6 Å². The van der Waals surface area contributed by atoms with Crippen molar-refractivity contribution in [2.75, 3.05) is 0 Å². The van der Waals surface area contributed by atoms with Gasteiger partial charge in [0.1, 0.15) is 6.54 Å². The molecule has 1 rings (SSSR count). The summed E-state index contributed by atoms with van der Waals surface area (Å²) < 4.78 is 2.75. The standard InChI is InChI=1S/C11H17BrN2O/c1-7-10(12)8(2)14(13-7)6-9(15)11(3,4)5/h6H2,1-5H3. The van der Waals surface area contributed by atoms with Crippen molar-refractivity contribution in [2.24, 2.45) is 5.41 Å². The first-order chi connectivity index (χ1) is 6.73. The third-order valence-electron chi connectivity index (χ3n) is 2.42. The lowest BCUT2D eigenvalue weighted by Gasteiger charge is -2.16. The number of Topliss-reactive ketones (excluding diaryl/α,β-unsaturated/α-hetero) is 1. The van der Waals surface area contributed by atoms with E-state index in [4.69, 9.17) is 0 Å². The zero-order valence-electron chi connectivity index (χ0n) is 9.89. The number of halogens is 1. The number of carbonyl (C=O) groups excluding carboxylic acids is 1. The Hall–Kier alpha value is -0.640. The molecule has 0 fully saturated rings. The molecule has 0 aliphatic carbocycles. The highest BCUT2D eigenvalue weighted by atomic mass is 79.9. The van der Waals surface area contributed by atoms with Crippen LogP contribution < -0.4 is 0 Å². The van der Waals surface area contributed by atoms with E-state index in [-0.39, 0.29) is 11.2 Å². The smallest absolute Gasteiger partial charge is 0.159 e. The summed E-state index contributed by atoms with van der Waals surface area (Å²) >= 11 is 3.45. The fourth-order valence-electron chi connectivity index (χ4n) is 1.20. The summed E-state index contributed by atoms with van der Waals surface area (Å²) in [5, 5.41) is 4.31. The minimum Gasteiger partial charge on any atom is -0.297 e. The van der Waals surface area contributed by atoms with Crippen LogP contribution in [0.3, 0.4) is 0 Å². The second-order valence-corrected chi connectivity index (χ2v) is 5.61. The van der Waals surface area contributed by atoms with Gasteiger partial charge in [0.2, 0.25) is 0 Å². The van der Waals surface area contributed by atoms with Gasteiger partial charge in [-0.15, -0.1) is 0 Å². The van der Waals surface area contributed by atoms with Crippen molar-refractivity contribution >= 4 is 21.7 Å². The highest BCUT2D eigenvalue weighted by molar-refractivity contribution is 9.10. The van der Waals surface area contributed by atoms with E-state index in [9.17, 15) is 4.79 Å². The minimum absolute atomic E-state index is 0.195. The summed E-state index contributed by atoms with van der Waals surface area (Å²) in [6.45, 7) is 10.0. The van der Waals surface area contributed by atoms with Gasteiger partial charge in [-0.1, -0.05) is 20.8 Å². The monoisotopic (exact) mass is 272 g/mol. The number of nitrogens with zero attached hydrogens (tertiary/aromatic N) is 2. The largest absolute Gasteiger partial charge is 0.297 e. The molecular formula is C11H17BrN2O. The van der Waals surface area contributed by atoms with Gasteiger partial charge in [0.25, 0.3) is 0 Å². The lowest BCUT2D eigenvalue weighted by molar-refractivity contribution is -0.127. The van der Waals surface area contributed by atoms with Crippen LogP contribution in [0.2, 0.25) is 0 Å². The molecule has 0 N–H and O–H groups in total. The fourth-order valence-corrected chi connectivity index (χ4v) is 1.49. The molecule has 0 aliphatic rings. The van der Waals surface area contributed by atoms with E-state index in [1.807, 2.05) is 34.6 Å². The molecule has 0 spiro atoms. The van der Waals surface area contributed by atoms with Crippen LogP contribution in [-0.2, 0) is 11.3 Å². The summed E-state index contributed by atoms with van der Waals surface area (Å²) in [7, 11) is 0. The lowest BCUT2D eigenvalue weighted by Crippen LogP contribution is -2.26. The van der Waals surface area contributed by atoms with E-state index in [1.165, 1.54) is 0 Å². The molecule has 4 heteroatoms. The molecule has 0 radical (unpaired) electrons. The molecule has 0 aliphatic heterocycles. The van der Waals surface area contributed by atoms with Crippen LogP contribution in [0.25, 0.3) is 0 Å². The Morgan fingerprint density at radius 2 is 1.93 bits per heavy atom. The normalized spacial score (nSPS) is 11.9. The van der Waals surface area contributed by atoms with Gasteiger partial charge in [0, 0.05) is 5.41 Å². The molecule has 0 saturated heterocycles. The third-order valence-corrected chi connectivity index (χ3v) is 3.57. The summed E-state index contributed by atoms with van der Waals surface area (Å²) in [4.78, 5) is 11.8. The Labute approximate surface area is 99.0 Å². The summed E-state index contributed by atoms with van der Waals surface area (Å²) in [5.74, 6) is 0.195. The maximum Gasteiger partial charge on any atom is 0.159 e. The van der Waals surface area contributed by atoms with Crippen molar-refractivity contribution in [3.63, 3.8) is 0 Å². The van der Waals surface area contributed by atoms with E-state index in [2.05, 4.69) is 21.0 Å². The van der Waals surface area contributed by atoms with E-state index < -0.39 is 0 Å². The van der Waals surface area contributed by atoms with Crippen LogP contribution in [0.4, 0.5) is 0 Å². The van der Waals surface area contributed by atoms with Gasteiger partial charge in [-0.05, 0) is 29.8 Å². The van der Waals surface area contributed by atoms with Crippen LogP contribution in [0.15, 0.2) is 4.47 Å². The van der Waals surface area contributed by atoms with Gasteiger partial charge in [0.15, 0.2) is 5.78 Å². The molecule has 1 heterocycles. The summed E-state index contributed by atoms with van der Waals surface area (Å²) in [6, 6.07) is 0. The lowest BCUT2D eigenvalue weighted by atomic mass is 9.91. The average Bonchev–Trinajstić information content (AvgIpc) is 2.32. The van der Waals surface area contributed by atoms with Crippen molar-refractivity contribution in [2.45, 2.75) is 41.2 Å². The maximum atomic E-state index is 11.8. The Morgan fingerprint density at radius 3 is 2.27 bits per heavy atom. The van der Waals surface area contributed by atoms with Gasteiger partial charge in [-0.2, -0.15) is 5.10 Å². The zero-order valence-corrected chi connectivity index (χ0v) is 11.5. The number of rotatable bonds is 2. The van der Waals surface area contributed by atoms with E-state index >= 15 is 0 Å². The van der Waals surface area contributed by atoms with Gasteiger partial charge in [0.05, 0.1) is 15.9 Å². The van der Waals surface area contributed by atoms with Gasteiger partial charge in [-0.3, -0.25) is 9.48 Å². The molecular weight excluding hydrogens is 256 g/mol. The number of aryl methyl sites for hydroxylation is 1. The van der Waals surface area contributed by atoms with Gasteiger partial charge in [-0.25, -0.2) is 0 Å². The number of ketones is 1. The van der Waals surface area contributed by atoms with Crippen LogP contribution in [0.1, 0.15) is 32.2 Å². The second-order valence-electron chi connectivity index (χ2n) is 4.82. The first kappa shape index (κ1) is 12.4. The molecule has 0 atom stereocenters. The number of aromatic nitrogens is 2. The third kappa shape index (κ3) is 2.68. The van der Waals surface area contributed by atoms with Gasteiger partial charge >= 0.3 is 0 Å². The molecule has 84 valence electrons. The Balaban J connectivity index is 2.91.